The normalized spacial score (nSPS) is 21.7. The molecule has 0 aromatic heterocycles. The Morgan fingerprint density at radius 1 is 1.38 bits per heavy atom. The minimum absolute atomic E-state index is 0.0498. The monoisotopic (exact) mass is 290 g/mol. The van der Waals surface area contributed by atoms with Gasteiger partial charge in [-0.2, -0.15) is 0 Å². The first kappa shape index (κ1) is 14.0. The molecule has 1 saturated heterocycles. The smallest absolute Gasteiger partial charge is 0.335 e. The number of amides is 1. The highest BCUT2D eigenvalue weighted by atomic mass is 16.5. The van der Waals surface area contributed by atoms with Crippen LogP contribution in [0.1, 0.15) is 22.3 Å². The number of carbonyl (C=O) groups is 2. The van der Waals surface area contributed by atoms with Crippen LogP contribution in [0.4, 0.5) is 5.69 Å². The number of benzene rings is 1. The third-order valence-electron chi connectivity index (χ3n) is 3.91. The average molecular weight is 290 g/mol. The van der Waals surface area contributed by atoms with Crippen molar-refractivity contribution in [1.82, 2.24) is 5.32 Å². The average Bonchev–Trinajstić information content (AvgIpc) is 2.54. The van der Waals surface area contributed by atoms with Crippen LogP contribution in [0, 0.1) is 0 Å². The lowest BCUT2D eigenvalue weighted by Gasteiger charge is -2.33. The third kappa shape index (κ3) is 2.77. The predicted molar refractivity (Wildman–Crippen MR) is 76.7 cm³/mol. The van der Waals surface area contributed by atoms with Crippen molar-refractivity contribution in [2.75, 3.05) is 31.1 Å². The SMILES string of the molecule is O=C(O)c1ccc2c(c1)CCCN2C(=O)C1CNCCO1. The minimum Gasteiger partial charge on any atom is -0.478 e. The lowest BCUT2D eigenvalue weighted by Crippen LogP contribution is -2.50. The highest BCUT2D eigenvalue weighted by Crippen LogP contribution is 2.29. The number of aromatic carboxylic acids is 1. The minimum atomic E-state index is -0.943. The summed E-state index contributed by atoms with van der Waals surface area (Å²) in [5, 5.41) is 12.2. The molecule has 0 aliphatic carbocycles. The summed E-state index contributed by atoms with van der Waals surface area (Å²) in [5.74, 6) is -0.993. The molecule has 112 valence electrons. The molecule has 0 saturated carbocycles. The Labute approximate surface area is 122 Å². The van der Waals surface area contributed by atoms with Crippen LogP contribution in [-0.2, 0) is 16.0 Å². The summed E-state index contributed by atoms with van der Waals surface area (Å²) < 4.78 is 5.52. The van der Waals surface area contributed by atoms with E-state index in [9.17, 15) is 9.59 Å². The number of carbonyl (C=O) groups excluding carboxylic acids is 1. The molecule has 0 spiro atoms. The van der Waals surface area contributed by atoms with Crippen molar-refractivity contribution in [1.29, 1.82) is 0 Å². The van der Waals surface area contributed by atoms with E-state index in [0.29, 0.717) is 19.7 Å². The van der Waals surface area contributed by atoms with Gasteiger partial charge in [0, 0.05) is 25.3 Å². The van der Waals surface area contributed by atoms with Gasteiger partial charge in [-0.1, -0.05) is 0 Å². The standard InChI is InChI=1S/C15H18N2O4/c18-14(13-9-16-5-7-21-13)17-6-1-2-10-8-11(15(19)20)3-4-12(10)17/h3-4,8,13,16H,1-2,5-7,9H2,(H,19,20). The number of aryl methyl sites for hydroxylation is 1. The molecule has 1 fully saturated rings. The Balaban J connectivity index is 1.86. The maximum absolute atomic E-state index is 12.6. The summed E-state index contributed by atoms with van der Waals surface area (Å²) in [6.45, 7) is 2.48. The zero-order chi connectivity index (χ0) is 14.8. The second-order valence-corrected chi connectivity index (χ2v) is 5.31. The number of nitrogens with one attached hydrogen (secondary N) is 1. The van der Waals surface area contributed by atoms with Gasteiger partial charge in [0.2, 0.25) is 0 Å². The van der Waals surface area contributed by atoms with Gasteiger partial charge in [-0.05, 0) is 36.6 Å². The lowest BCUT2D eigenvalue weighted by molar-refractivity contribution is -0.131. The van der Waals surface area contributed by atoms with Crippen LogP contribution in [-0.4, -0.2) is 49.3 Å². The van der Waals surface area contributed by atoms with E-state index in [2.05, 4.69) is 5.32 Å². The van der Waals surface area contributed by atoms with Crippen LogP contribution in [0.5, 0.6) is 0 Å². The van der Waals surface area contributed by atoms with Gasteiger partial charge < -0.3 is 20.1 Å². The third-order valence-corrected chi connectivity index (χ3v) is 3.91. The topological polar surface area (TPSA) is 78.9 Å². The van der Waals surface area contributed by atoms with Crippen molar-refractivity contribution in [3.63, 3.8) is 0 Å². The number of anilines is 1. The van der Waals surface area contributed by atoms with Crippen molar-refractivity contribution in [3.8, 4) is 0 Å². The Bertz CT molecular complexity index is 567. The molecule has 2 N–H and O–H groups in total. The molecule has 2 aliphatic rings. The van der Waals surface area contributed by atoms with Gasteiger partial charge in [0.1, 0.15) is 6.10 Å². The summed E-state index contributed by atoms with van der Waals surface area (Å²) in [5.41, 5.74) is 1.99. The molecule has 21 heavy (non-hydrogen) atoms. The summed E-state index contributed by atoms with van der Waals surface area (Å²) in [7, 11) is 0. The zero-order valence-corrected chi connectivity index (χ0v) is 11.7. The molecule has 0 radical (unpaired) electrons. The number of hydrogen-bond acceptors (Lipinski definition) is 4. The Hall–Kier alpha value is -1.92. The largest absolute Gasteiger partial charge is 0.478 e. The number of rotatable bonds is 2. The molecule has 2 heterocycles. The van der Waals surface area contributed by atoms with E-state index in [1.54, 1.807) is 23.1 Å². The number of morpholine rings is 1. The van der Waals surface area contributed by atoms with E-state index in [0.717, 1.165) is 30.6 Å². The number of nitrogens with zero attached hydrogens (tertiary/aromatic N) is 1. The number of hydrogen-bond donors (Lipinski definition) is 2. The van der Waals surface area contributed by atoms with Gasteiger partial charge in [0.05, 0.1) is 12.2 Å². The van der Waals surface area contributed by atoms with Gasteiger partial charge in [-0.3, -0.25) is 4.79 Å². The van der Waals surface area contributed by atoms with E-state index in [1.807, 2.05) is 0 Å². The van der Waals surface area contributed by atoms with Gasteiger partial charge in [-0.25, -0.2) is 4.79 Å². The summed E-state index contributed by atoms with van der Waals surface area (Å²) >= 11 is 0. The molecule has 1 aromatic carbocycles. The first-order valence-corrected chi connectivity index (χ1v) is 7.17. The van der Waals surface area contributed by atoms with Gasteiger partial charge >= 0.3 is 5.97 Å². The van der Waals surface area contributed by atoms with Crippen molar-refractivity contribution >= 4 is 17.6 Å². The number of fused-ring (bicyclic) bond motifs is 1. The molecular formula is C15H18N2O4. The van der Waals surface area contributed by atoms with Crippen LogP contribution in [0.3, 0.4) is 0 Å². The number of ether oxygens (including phenoxy) is 1. The summed E-state index contributed by atoms with van der Waals surface area (Å²) in [6, 6.07) is 4.94. The van der Waals surface area contributed by atoms with Crippen molar-refractivity contribution < 1.29 is 19.4 Å². The van der Waals surface area contributed by atoms with Crippen LogP contribution in [0.2, 0.25) is 0 Å². The number of carboxylic acids is 1. The Morgan fingerprint density at radius 2 is 2.24 bits per heavy atom. The second-order valence-electron chi connectivity index (χ2n) is 5.31. The van der Waals surface area contributed by atoms with Crippen molar-refractivity contribution in [3.05, 3.63) is 29.3 Å². The van der Waals surface area contributed by atoms with Gasteiger partial charge in [0.15, 0.2) is 0 Å². The van der Waals surface area contributed by atoms with E-state index in [4.69, 9.17) is 9.84 Å². The maximum atomic E-state index is 12.6. The van der Waals surface area contributed by atoms with Crippen LogP contribution >= 0.6 is 0 Å². The lowest BCUT2D eigenvalue weighted by atomic mass is 9.98. The van der Waals surface area contributed by atoms with Crippen LogP contribution < -0.4 is 10.2 Å². The first-order valence-electron chi connectivity index (χ1n) is 7.17. The molecular weight excluding hydrogens is 272 g/mol. The van der Waals surface area contributed by atoms with Crippen molar-refractivity contribution in [2.24, 2.45) is 0 Å². The quantitative estimate of drug-likeness (QED) is 0.836. The molecule has 1 atom stereocenters. The molecule has 1 unspecified atom stereocenters. The number of carboxylic acid groups (broad SMARTS) is 1. The Morgan fingerprint density at radius 3 is 2.95 bits per heavy atom. The van der Waals surface area contributed by atoms with Gasteiger partial charge in [-0.15, -0.1) is 0 Å². The second kappa shape index (κ2) is 5.83. The van der Waals surface area contributed by atoms with E-state index in [-0.39, 0.29) is 11.5 Å². The summed E-state index contributed by atoms with van der Waals surface area (Å²) in [4.78, 5) is 25.3. The highest BCUT2D eigenvalue weighted by Gasteiger charge is 2.30. The van der Waals surface area contributed by atoms with E-state index >= 15 is 0 Å². The molecule has 1 amide bonds. The molecule has 0 bridgehead atoms. The molecule has 1 aromatic rings. The maximum Gasteiger partial charge on any atom is 0.335 e. The molecule has 6 heteroatoms. The fourth-order valence-corrected chi connectivity index (χ4v) is 2.86. The molecule has 6 nitrogen and oxygen atoms in total. The fourth-order valence-electron chi connectivity index (χ4n) is 2.86. The van der Waals surface area contributed by atoms with Crippen molar-refractivity contribution in [2.45, 2.75) is 18.9 Å². The highest BCUT2D eigenvalue weighted by molar-refractivity contribution is 5.98. The molecule has 2 aliphatic heterocycles. The Kier molecular flexibility index (Phi) is 3.90. The fraction of sp³-hybridized carbons (Fsp3) is 0.467. The van der Waals surface area contributed by atoms with E-state index in [1.165, 1.54) is 0 Å². The van der Waals surface area contributed by atoms with Crippen LogP contribution in [0.15, 0.2) is 18.2 Å². The zero-order valence-electron chi connectivity index (χ0n) is 11.7. The van der Waals surface area contributed by atoms with Crippen LogP contribution in [0.25, 0.3) is 0 Å². The predicted octanol–water partition coefficient (Wildman–Crippen LogP) is 0.652. The summed E-state index contributed by atoms with van der Waals surface area (Å²) in [6.07, 6.45) is 1.18. The first-order chi connectivity index (χ1) is 10.2. The van der Waals surface area contributed by atoms with Gasteiger partial charge in [0.25, 0.3) is 5.91 Å². The van der Waals surface area contributed by atoms with E-state index < -0.39 is 12.1 Å². The molecule has 3 rings (SSSR count).